The number of carbonyl (C=O) groups excluding carboxylic acids is 1. The molecule has 0 spiro atoms. The second-order valence-corrected chi connectivity index (χ2v) is 9.42. The minimum Gasteiger partial charge on any atom is -0.381 e. The molecule has 3 aromatic rings. The second-order valence-electron chi connectivity index (χ2n) is 9.12. The van der Waals surface area contributed by atoms with Gasteiger partial charge in [-0.3, -0.25) is 19.4 Å². The van der Waals surface area contributed by atoms with Gasteiger partial charge in [0.1, 0.15) is 11.4 Å². The number of aromatic nitrogens is 1. The summed E-state index contributed by atoms with van der Waals surface area (Å²) in [6.45, 7) is 16.8. The number of anilines is 2. The summed E-state index contributed by atoms with van der Waals surface area (Å²) >= 11 is 4.10. The fourth-order valence-corrected chi connectivity index (χ4v) is 3.78. The Morgan fingerprint density at radius 3 is 2.40 bits per heavy atom. The third-order valence-electron chi connectivity index (χ3n) is 6.19. The van der Waals surface area contributed by atoms with Gasteiger partial charge < -0.3 is 26.2 Å². The van der Waals surface area contributed by atoms with E-state index >= 15 is 0 Å². The van der Waals surface area contributed by atoms with Crippen molar-refractivity contribution in [3.63, 3.8) is 0 Å². The zero-order valence-electron chi connectivity index (χ0n) is 26.2. The molecular formula is C33H46N6O3S. The van der Waals surface area contributed by atoms with Gasteiger partial charge in [0.05, 0.1) is 5.52 Å². The van der Waals surface area contributed by atoms with Crippen LogP contribution in [-0.2, 0) is 11.3 Å². The van der Waals surface area contributed by atoms with Crippen molar-refractivity contribution in [3.8, 4) is 0 Å². The highest BCUT2D eigenvalue weighted by molar-refractivity contribution is 7.83. The molecule has 10 heteroatoms. The van der Waals surface area contributed by atoms with Gasteiger partial charge >= 0.3 is 0 Å². The van der Waals surface area contributed by atoms with E-state index in [9.17, 15) is 14.4 Å². The summed E-state index contributed by atoms with van der Waals surface area (Å²) < 4.78 is 0. The first-order valence-electron chi connectivity index (χ1n) is 14.4. The first-order chi connectivity index (χ1) is 20.7. The Kier molecular flexibility index (Phi) is 17.7. The SMILES string of the molecule is C/C=C(\C)NC(=O)/C=C(/C=C\S)NCc1ccnc2ccccc12.C=CCNc1c(NCCN(C)CC)c(=O)c1=O.CC. The molecule has 4 N–H and O–H groups in total. The van der Waals surface area contributed by atoms with E-state index in [4.69, 9.17) is 0 Å². The smallest absolute Gasteiger partial charge is 0.253 e. The first kappa shape index (κ1) is 36.9. The van der Waals surface area contributed by atoms with Crippen molar-refractivity contribution in [1.82, 2.24) is 20.5 Å². The second kappa shape index (κ2) is 20.7. The van der Waals surface area contributed by atoms with Gasteiger partial charge in [-0.2, -0.15) is 12.6 Å². The highest BCUT2D eigenvalue weighted by Crippen LogP contribution is 2.16. The van der Waals surface area contributed by atoms with Gasteiger partial charge in [-0.1, -0.05) is 51.1 Å². The largest absolute Gasteiger partial charge is 0.381 e. The fraction of sp³-hybridized carbons (Fsp3) is 0.333. The summed E-state index contributed by atoms with van der Waals surface area (Å²) in [6.07, 6.45) is 8.54. The Morgan fingerprint density at radius 2 is 1.77 bits per heavy atom. The number of hydrogen-bond acceptors (Lipinski definition) is 9. The van der Waals surface area contributed by atoms with E-state index < -0.39 is 10.9 Å². The lowest BCUT2D eigenvalue weighted by atomic mass is 10.1. The van der Waals surface area contributed by atoms with Crippen molar-refractivity contribution in [2.75, 3.05) is 43.9 Å². The van der Waals surface area contributed by atoms with Gasteiger partial charge in [-0.05, 0) is 56.6 Å². The number of thiol groups is 1. The third kappa shape index (κ3) is 12.3. The average molecular weight is 607 g/mol. The van der Waals surface area contributed by atoms with Crippen LogP contribution in [-0.4, -0.2) is 49.0 Å². The Hall–Kier alpha value is -4.15. The molecule has 2 aromatic carbocycles. The highest BCUT2D eigenvalue weighted by Gasteiger charge is 2.19. The number of likely N-dealkylation sites (N-methyl/N-ethyl adjacent to an activating group) is 1. The van der Waals surface area contributed by atoms with Crippen molar-refractivity contribution < 1.29 is 4.79 Å². The number of nitrogens with one attached hydrogen (secondary N) is 4. The van der Waals surface area contributed by atoms with Crippen LogP contribution in [0.1, 0.15) is 40.2 Å². The maximum absolute atomic E-state index is 12.0. The zero-order valence-corrected chi connectivity index (χ0v) is 27.1. The number of rotatable bonds is 14. The lowest BCUT2D eigenvalue weighted by Gasteiger charge is -2.17. The lowest BCUT2D eigenvalue weighted by Crippen LogP contribution is -2.38. The number of amides is 1. The van der Waals surface area contributed by atoms with E-state index in [0.29, 0.717) is 36.7 Å². The predicted molar refractivity (Wildman–Crippen MR) is 185 cm³/mol. The highest BCUT2D eigenvalue weighted by atomic mass is 32.1. The summed E-state index contributed by atoms with van der Waals surface area (Å²) in [6, 6.07) is 9.96. The van der Waals surface area contributed by atoms with Crippen LogP contribution in [0.5, 0.6) is 0 Å². The van der Waals surface area contributed by atoms with Crippen molar-refractivity contribution in [2.45, 2.75) is 41.2 Å². The van der Waals surface area contributed by atoms with Crippen LogP contribution in [0.25, 0.3) is 10.9 Å². The number of allylic oxidation sites excluding steroid dienone is 3. The van der Waals surface area contributed by atoms with E-state index in [-0.39, 0.29) is 5.91 Å². The molecule has 0 aliphatic rings. The van der Waals surface area contributed by atoms with Crippen molar-refractivity contribution in [3.05, 3.63) is 110 Å². The number of fused-ring (bicyclic) bond motifs is 1. The third-order valence-corrected chi connectivity index (χ3v) is 6.33. The molecule has 232 valence electrons. The van der Waals surface area contributed by atoms with Gasteiger partial charge in [-0.15, -0.1) is 6.58 Å². The van der Waals surface area contributed by atoms with Crippen LogP contribution >= 0.6 is 12.6 Å². The molecule has 9 nitrogen and oxygen atoms in total. The van der Waals surface area contributed by atoms with Crippen LogP contribution in [0.3, 0.4) is 0 Å². The van der Waals surface area contributed by atoms with E-state index in [1.807, 2.05) is 71.2 Å². The Morgan fingerprint density at radius 1 is 1.09 bits per heavy atom. The summed E-state index contributed by atoms with van der Waals surface area (Å²) in [4.78, 5) is 41.1. The lowest BCUT2D eigenvalue weighted by molar-refractivity contribution is -0.115. The van der Waals surface area contributed by atoms with Crippen molar-refractivity contribution in [2.24, 2.45) is 0 Å². The summed E-state index contributed by atoms with van der Waals surface area (Å²) in [7, 11) is 2.00. The molecule has 1 amide bonds. The Bertz CT molecular complexity index is 1470. The van der Waals surface area contributed by atoms with Gasteiger partial charge in [0, 0.05) is 55.2 Å². The Balaban J connectivity index is 0.000000429. The standard InChI is InChI=1S/C19H21N3OS.C12H19N3O2.C2H6/c1-3-14(2)22-19(23)12-16(9-11-24)21-13-15-8-10-20-18-7-5-4-6-17(15)18;1-4-6-13-9-10(12(17)11(9)16)14-7-8-15(3)5-2;1-2/h3-12,21,24H,13H2,1-2H3,(H,22,23);4,13-14H,1,5-8H2,2-3H3;1-2H3/b11-9-,14-3+,16-12-;;. The molecular weight excluding hydrogens is 560 g/mol. The molecule has 0 saturated carbocycles. The molecule has 43 heavy (non-hydrogen) atoms. The minimum absolute atomic E-state index is 0.181. The number of pyridine rings is 1. The molecule has 0 aliphatic carbocycles. The van der Waals surface area contributed by atoms with Crippen molar-refractivity contribution >= 4 is 40.8 Å². The number of benzene rings is 1. The van der Waals surface area contributed by atoms with Crippen LogP contribution in [0.4, 0.5) is 11.4 Å². The number of para-hydroxylation sites is 1. The van der Waals surface area contributed by atoms with Crippen LogP contribution in [0, 0.1) is 0 Å². The van der Waals surface area contributed by atoms with Crippen LogP contribution in [0.2, 0.25) is 0 Å². The zero-order chi connectivity index (χ0) is 32.2. The average Bonchev–Trinajstić information content (AvgIpc) is 3.03. The van der Waals surface area contributed by atoms with E-state index in [0.717, 1.165) is 35.3 Å². The molecule has 0 aliphatic heterocycles. The van der Waals surface area contributed by atoms with E-state index in [1.54, 1.807) is 23.8 Å². The molecule has 0 radical (unpaired) electrons. The van der Waals surface area contributed by atoms with Gasteiger partial charge in [0.25, 0.3) is 10.9 Å². The first-order valence-corrected chi connectivity index (χ1v) is 14.9. The molecule has 0 unspecified atom stereocenters. The number of carbonyl (C=O) groups is 1. The van der Waals surface area contributed by atoms with Crippen molar-refractivity contribution in [1.29, 1.82) is 0 Å². The Labute approximate surface area is 261 Å². The predicted octanol–water partition coefficient (Wildman–Crippen LogP) is 4.96. The molecule has 0 bridgehead atoms. The van der Waals surface area contributed by atoms with Crippen LogP contribution < -0.4 is 32.1 Å². The fourth-order valence-electron chi connectivity index (χ4n) is 3.62. The number of hydrogen-bond donors (Lipinski definition) is 5. The quantitative estimate of drug-likeness (QED) is 0.0575. The summed E-state index contributed by atoms with van der Waals surface area (Å²) in [5.74, 6) is -0.181. The molecule has 3 rings (SSSR count). The molecule has 0 fully saturated rings. The topological polar surface area (TPSA) is 115 Å². The molecule has 0 atom stereocenters. The molecule has 0 saturated heterocycles. The van der Waals surface area contributed by atoms with E-state index in [2.05, 4.69) is 57.3 Å². The molecule has 1 heterocycles. The summed E-state index contributed by atoms with van der Waals surface area (Å²) in [5.41, 5.74) is 3.47. The molecule has 1 aromatic heterocycles. The monoisotopic (exact) mass is 606 g/mol. The van der Waals surface area contributed by atoms with Gasteiger partial charge in [0.15, 0.2) is 0 Å². The van der Waals surface area contributed by atoms with E-state index in [1.165, 1.54) is 6.08 Å². The van der Waals surface area contributed by atoms with Gasteiger partial charge in [0.2, 0.25) is 5.91 Å². The minimum atomic E-state index is -0.446. The van der Waals surface area contributed by atoms with Gasteiger partial charge in [-0.25, -0.2) is 0 Å². The maximum Gasteiger partial charge on any atom is 0.253 e. The maximum atomic E-state index is 12.0. The normalized spacial score (nSPS) is 11.4. The number of nitrogens with zero attached hydrogens (tertiary/aromatic N) is 2. The summed E-state index contributed by atoms with van der Waals surface area (Å²) in [5, 5.41) is 14.6. The van der Waals surface area contributed by atoms with Crippen LogP contribution in [0.15, 0.2) is 93.8 Å².